The van der Waals surface area contributed by atoms with Crippen molar-refractivity contribution in [2.24, 2.45) is 0 Å². The van der Waals surface area contributed by atoms with Gasteiger partial charge in [0, 0.05) is 47.8 Å². The highest BCUT2D eigenvalue weighted by atomic mass is 35.5. The minimum atomic E-state index is -2.84. The third kappa shape index (κ3) is 7.10. The number of anilines is 2. The predicted octanol–water partition coefficient (Wildman–Crippen LogP) is 5.32. The second-order valence-corrected chi connectivity index (χ2v) is 11.1. The molecule has 0 spiro atoms. The van der Waals surface area contributed by atoms with Crippen LogP contribution in [0, 0.1) is 17.1 Å². The Morgan fingerprint density at radius 3 is 2.51 bits per heavy atom. The predicted molar refractivity (Wildman–Crippen MR) is 161 cm³/mol. The Kier molecular flexibility index (Phi) is 10.2. The normalized spacial score (nSPS) is 20.1. The number of nitrogens with zero attached hydrogens (tertiary/aromatic N) is 4. The first-order chi connectivity index (χ1) is 21.0. The van der Waals surface area contributed by atoms with Crippen LogP contribution in [-0.2, 0) is 14.4 Å². The Balaban J connectivity index is 0.00000461. The molecule has 3 atom stereocenters. The lowest BCUT2D eigenvalue weighted by molar-refractivity contribution is -0.128. The lowest BCUT2D eigenvalue weighted by atomic mass is 9.91. The second kappa shape index (κ2) is 13.7. The third-order valence-corrected chi connectivity index (χ3v) is 8.13. The van der Waals surface area contributed by atoms with Crippen molar-refractivity contribution >= 4 is 40.8 Å². The number of pyridine rings is 1. The largest absolute Gasteiger partial charge is 0.383 e. The van der Waals surface area contributed by atoms with Gasteiger partial charge in [0.05, 0.1) is 11.6 Å². The van der Waals surface area contributed by atoms with E-state index in [2.05, 4.69) is 10.3 Å². The summed E-state index contributed by atoms with van der Waals surface area (Å²) in [7, 11) is 0. The number of aromatic nitrogens is 1. The molecule has 0 radical (unpaired) electrons. The minimum Gasteiger partial charge on any atom is -0.383 e. The zero-order valence-corrected chi connectivity index (χ0v) is 23.9. The number of halogens is 4. The van der Waals surface area contributed by atoms with Crippen molar-refractivity contribution in [2.75, 3.05) is 9.80 Å². The first-order valence-corrected chi connectivity index (χ1v) is 14.3. The average molecular weight is 642 g/mol. The molecule has 3 aromatic rings. The van der Waals surface area contributed by atoms with Gasteiger partial charge in [0.2, 0.25) is 11.8 Å². The molecule has 2 aromatic carbocycles. The Morgan fingerprint density at radius 2 is 1.84 bits per heavy atom. The Morgan fingerprint density at radius 1 is 1.13 bits per heavy atom. The number of carbonyl (C=O) groups excluding carboxylic acids is 3. The van der Waals surface area contributed by atoms with Crippen LogP contribution in [-0.4, -0.2) is 51.9 Å². The summed E-state index contributed by atoms with van der Waals surface area (Å²) in [5.74, 6) is -6.14. The van der Waals surface area contributed by atoms with Crippen molar-refractivity contribution in [3.05, 3.63) is 88.8 Å². The van der Waals surface area contributed by atoms with Crippen LogP contribution in [0.1, 0.15) is 56.7 Å². The standard InChI is InChI=1S/C31H27ClF3N5O4.CH4/c32-23-7-2-1-6-22(23)27(28(42)38-20-8-11-31(34,35)12-9-20)39(21-5-3-4-19(33)15-21)29(43)24-16-25(41)30(44)40(24)26-14-18(17-36)10-13-37-26;/h1-7,10,13-15,20,24-25,27,41H,8-9,11-12,16H2,(H,38,42);1H4/t24-,25+,27-;/m0./s1. The molecule has 0 unspecified atom stereocenters. The van der Waals surface area contributed by atoms with E-state index in [-0.39, 0.29) is 47.9 Å². The van der Waals surface area contributed by atoms with E-state index < -0.39 is 73.0 Å². The summed E-state index contributed by atoms with van der Waals surface area (Å²) in [6, 6.07) is 12.1. The lowest BCUT2D eigenvalue weighted by Gasteiger charge is -2.37. The molecule has 3 amide bonds. The van der Waals surface area contributed by atoms with E-state index in [4.69, 9.17) is 11.6 Å². The highest BCUT2D eigenvalue weighted by Gasteiger charge is 2.48. The minimum absolute atomic E-state index is 0. The molecule has 1 aliphatic carbocycles. The highest BCUT2D eigenvalue weighted by Crippen LogP contribution is 2.37. The van der Waals surface area contributed by atoms with Crippen LogP contribution in [0.4, 0.5) is 24.7 Å². The fourth-order valence-electron chi connectivity index (χ4n) is 5.58. The van der Waals surface area contributed by atoms with E-state index in [1.165, 1.54) is 42.6 Å². The number of amides is 3. The highest BCUT2D eigenvalue weighted by molar-refractivity contribution is 6.31. The van der Waals surface area contributed by atoms with Gasteiger partial charge in [0.1, 0.15) is 29.8 Å². The Hall–Kier alpha value is -4.47. The van der Waals surface area contributed by atoms with E-state index in [1.807, 2.05) is 6.07 Å². The van der Waals surface area contributed by atoms with Gasteiger partial charge in [-0.3, -0.25) is 24.2 Å². The number of nitrogens with one attached hydrogen (secondary N) is 1. The van der Waals surface area contributed by atoms with Gasteiger partial charge in [-0.05, 0) is 49.2 Å². The molecule has 236 valence electrons. The molecule has 2 heterocycles. The molecule has 1 aliphatic heterocycles. The average Bonchev–Trinajstić information content (AvgIpc) is 3.30. The second-order valence-electron chi connectivity index (χ2n) is 10.7. The van der Waals surface area contributed by atoms with Crippen molar-refractivity contribution in [1.82, 2.24) is 10.3 Å². The summed E-state index contributed by atoms with van der Waals surface area (Å²) in [4.78, 5) is 47.9. The fraction of sp³-hybridized carbons (Fsp3) is 0.344. The molecule has 1 aromatic heterocycles. The van der Waals surface area contributed by atoms with Crippen LogP contribution in [0.25, 0.3) is 0 Å². The molecule has 45 heavy (non-hydrogen) atoms. The molecule has 2 aliphatic rings. The van der Waals surface area contributed by atoms with Crippen LogP contribution < -0.4 is 15.1 Å². The van der Waals surface area contributed by atoms with Crippen molar-refractivity contribution < 1.29 is 32.7 Å². The smallest absolute Gasteiger partial charge is 0.257 e. The van der Waals surface area contributed by atoms with Crippen LogP contribution in [0.15, 0.2) is 66.9 Å². The van der Waals surface area contributed by atoms with E-state index in [0.29, 0.717) is 0 Å². The van der Waals surface area contributed by atoms with Crippen molar-refractivity contribution in [3.63, 3.8) is 0 Å². The number of nitriles is 1. The quantitative estimate of drug-likeness (QED) is 0.360. The Labute approximate surface area is 263 Å². The van der Waals surface area contributed by atoms with Crippen molar-refractivity contribution in [2.45, 2.75) is 69.7 Å². The van der Waals surface area contributed by atoms with Gasteiger partial charge in [-0.25, -0.2) is 18.2 Å². The summed E-state index contributed by atoms with van der Waals surface area (Å²) in [5.41, 5.74) is 0.243. The first kappa shape index (κ1) is 33.4. The van der Waals surface area contributed by atoms with Crippen LogP contribution in [0.3, 0.4) is 0 Å². The van der Waals surface area contributed by atoms with Gasteiger partial charge < -0.3 is 10.4 Å². The molecule has 0 bridgehead atoms. The summed E-state index contributed by atoms with van der Waals surface area (Å²) < 4.78 is 42.3. The number of rotatable bonds is 7. The number of benzene rings is 2. The van der Waals surface area contributed by atoms with Gasteiger partial charge >= 0.3 is 0 Å². The summed E-state index contributed by atoms with van der Waals surface area (Å²) >= 11 is 6.54. The molecule has 2 fully saturated rings. The molecule has 2 N–H and O–H groups in total. The molecular formula is C32H31ClF3N5O4. The SMILES string of the molecule is C.N#Cc1ccnc(N2C(=O)[C@H](O)C[C@H]2C(=O)N(c2cccc(F)c2)[C@H](C(=O)NC2CCC(F)(F)CC2)c2ccccc2Cl)c1. The maximum absolute atomic E-state index is 14.6. The van der Waals surface area contributed by atoms with E-state index in [1.54, 1.807) is 12.1 Å². The van der Waals surface area contributed by atoms with E-state index in [9.17, 15) is 37.9 Å². The zero-order chi connectivity index (χ0) is 31.6. The van der Waals surface area contributed by atoms with Crippen LogP contribution in [0.2, 0.25) is 5.02 Å². The molecule has 1 saturated carbocycles. The van der Waals surface area contributed by atoms with Gasteiger partial charge in [0.15, 0.2) is 0 Å². The monoisotopic (exact) mass is 641 g/mol. The number of carbonyl (C=O) groups is 3. The molecule has 9 nitrogen and oxygen atoms in total. The molecule has 5 rings (SSSR count). The molecule has 13 heteroatoms. The van der Waals surface area contributed by atoms with Crippen LogP contribution in [0.5, 0.6) is 0 Å². The summed E-state index contributed by atoms with van der Waals surface area (Å²) in [6.07, 6.45) is -1.58. The number of alkyl halides is 2. The maximum atomic E-state index is 14.6. The fourth-order valence-corrected chi connectivity index (χ4v) is 5.82. The number of hydrogen-bond donors (Lipinski definition) is 2. The van der Waals surface area contributed by atoms with E-state index >= 15 is 0 Å². The van der Waals surface area contributed by atoms with E-state index in [0.717, 1.165) is 21.9 Å². The van der Waals surface area contributed by atoms with Crippen LogP contribution >= 0.6 is 11.6 Å². The van der Waals surface area contributed by atoms with Gasteiger partial charge in [-0.15, -0.1) is 0 Å². The van der Waals surface area contributed by atoms with Gasteiger partial charge in [0.25, 0.3) is 11.8 Å². The zero-order valence-electron chi connectivity index (χ0n) is 23.2. The number of aliphatic hydroxyl groups excluding tert-OH is 1. The maximum Gasteiger partial charge on any atom is 0.257 e. The van der Waals surface area contributed by atoms with Gasteiger partial charge in [-0.2, -0.15) is 5.26 Å². The number of hydrogen-bond acceptors (Lipinski definition) is 6. The molecule has 1 saturated heterocycles. The molecular weight excluding hydrogens is 611 g/mol. The number of aliphatic hydroxyl groups is 1. The van der Waals surface area contributed by atoms with Crippen molar-refractivity contribution in [1.29, 1.82) is 5.26 Å². The summed E-state index contributed by atoms with van der Waals surface area (Å²) in [6.45, 7) is 0. The Bertz CT molecular complexity index is 1620. The first-order valence-electron chi connectivity index (χ1n) is 13.9. The van der Waals surface area contributed by atoms with Crippen molar-refractivity contribution in [3.8, 4) is 6.07 Å². The lowest BCUT2D eigenvalue weighted by Crippen LogP contribution is -2.53. The van der Waals surface area contributed by atoms with Gasteiger partial charge in [-0.1, -0.05) is 43.3 Å². The topological polar surface area (TPSA) is 127 Å². The summed E-state index contributed by atoms with van der Waals surface area (Å²) in [5, 5.41) is 22.8. The third-order valence-electron chi connectivity index (χ3n) is 7.78.